The summed E-state index contributed by atoms with van der Waals surface area (Å²) in [6, 6.07) is 1.95. The lowest BCUT2D eigenvalue weighted by molar-refractivity contribution is 0.584. The summed E-state index contributed by atoms with van der Waals surface area (Å²) < 4.78 is 0.353. The van der Waals surface area contributed by atoms with Crippen LogP contribution in [0.3, 0.4) is 0 Å². The second-order valence-corrected chi connectivity index (χ2v) is 6.45. The molecule has 0 aromatic carbocycles. The van der Waals surface area contributed by atoms with E-state index in [0.717, 1.165) is 18.2 Å². The van der Waals surface area contributed by atoms with E-state index in [2.05, 4.69) is 44.5 Å². The SMILES string of the molecule is CN=C(NCc1ccn[nH]1)NCC1(C)CCCS1.I. The standard InChI is InChI=1S/C12H21N5S.HI/c1-12(5-3-7-18-12)9-15-11(13-2)14-8-10-4-6-16-17-10;/h4,6H,3,5,7-9H2,1-2H3,(H,16,17)(H2,13,14,15);1H. The molecule has 1 fully saturated rings. The van der Waals surface area contributed by atoms with Crippen LogP contribution >= 0.6 is 35.7 Å². The van der Waals surface area contributed by atoms with Crippen LogP contribution in [-0.2, 0) is 6.54 Å². The number of rotatable bonds is 4. The normalized spacial score (nSPS) is 22.9. The summed E-state index contributed by atoms with van der Waals surface area (Å²) in [5, 5.41) is 13.5. The highest BCUT2D eigenvalue weighted by molar-refractivity contribution is 14.0. The minimum Gasteiger partial charge on any atom is -0.355 e. The number of hydrogen-bond donors (Lipinski definition) is 3. The molecule has 0 radical (unpaired) electrons. The Hall–Kier alpha value is -0.440. The van der Waals surface area contributed by atoms with Gasteiger partial charge < -0.3 is 10.6 Å². The molecular formula is C12H22IN5S. The molecule has 3 N–H and O–H groups in total. The van der Waals surface area contributed by atoms with E-state index in [-0.39, 0.29) is 24.0 Å². The molecule has 2 heterocycles. The summed E-state index contributed by atoms with van der Waals surface area (Å²) in [5.74, 6) is 2.12. The number of aromatic nitrogens is 2. The van der Waals surface area contributed by atoms with Crippen LogP contribution in [0.4, 0.5) is 0 Å². The summed E-state index contributed by atoms with van der Waals surface area (Å²) in [4.78, 5) is 4.23. The first kappa shape index (κ1) is 16.6. The zero-order chi connectivity index (χ0) is 12.8. The number of thioether (sulfide) groups is 1. The number of H-pyrrole nitrogens is 1. The van der Waals surface area contributed by atoms with Crippen LogP contribution in [0.2, 0.25) is 0 Å². The molecule has 1 aliphatic rings. The van der Waals surface area contributed by atoms with Crippen LogP contribution in [0.5, 0.6) is 0 Å². The smallest absolute Gasteiger partial charge is 0.191 e. The molecule has 0 spiro atoms. The second kappa shape index (κ2) is 7.98. The van der Waals surface area contributed by atoms with Crippen molar-refractivity contribution in [1.29, 1.82) is 0 Å². The van der Waals surface area contributed by atoms with E-state index < -0.39 is 0 Å². The van der Waals surface area contributed by atoms with Gasteiger partial charge in [0.1, 0.15) is 0 Å². The van der Waals surface area contributed by atoms with Gasteiger partial charge in [-0.15, -0.1) is 24.0 Å². The average Bonchev–Trinajstić information content (AvgIpc) is 3.01. The van der Waals surface area contributed by atoms with E-state index in [0.29, 0.717) is 11.3 Å². The minimum absolute atomic E-state index is 0. The third-order valence-corrected chi connectivity index (χ3v) is 4.70. The van der Waals surface area contributed by atoms with Crippen LogP contribution in [-0.4, -0.2) is 40.2 Å². The molecule has 5 nitrogen and oxygen atoms in total. The first-order valence-corrected chi connectivity index (χ1v) is 7.27. The summed E-state index contributed by atoms with van der Waals surface area (Å²) in [7, 11) is 1.80. The molecule has 0 amide bonds. The van der Waals surface area contributed by atoms with Gasteiger partial charge in [-0.2, -0.15) is 16.9 Å². The van der Waals surface area contributed by atoms with E-state index in [1.54, 1.807) is 13.2 Å². The van der Waals surface area contributed by atoms with Crippen molar-refractivity contribution in [1.82, 2.24) is 20.8 Å². The third kappa shape index (κ3) is 5.21. The highest BCUT2D eigenvalue weighted by atomic mass is 127. The van der Waals surface area contributed by atoms with Crippen LogP contribution in [0.1, 0.15) is 25.5 Å². The fourth-order valence-corrected chi connectivity index (χ4v) is 3.27. The third-order valence-electron chi connectivity index (χ3n) is 3.16. The predicted molar refractivity (Wildman–Crippen MR) is 92.3 cm³/mol. The molecule has 2 rings (SSSR count). The molecule has 1 saturated heterocycles. The van der Waals surface area contributed by atoms with Gasteiger partial charge in [0.15, 0.2) is 5.96 Å². The fraction of sp³-hybridized carbons (Fsp3) is 0.667. The van der Waals surface area contributed by atoms with Crippen molar-refractivity contribution in [3.63, 3.8) is 0 Å². The van der Waals surface area contributed by atoms with Gasteiger partial charge in [0.25, 0.3) is 0 Å². The molecule has 0 bridgehead atoms. The first-order valence-electron chi connectivity index (χ1n) is 6.29. The van der Waals surface area contributed by atoms with Crippen LogP contribution < -0.4 is 10.6 Å². The maximum atomic E-state index is 4.23. The van der Waals surface area contributed by atoms with Gasteiger partial charge in [-0.1, -0.05) is 0 Å². The van der Waals surface area contributed by atoms with Crippen molar-refractivity contribution < 1.29 is 0 Å². The number of guanidine groups is 1. The Labute approximate surface area is 135 Å². The van der Waals surface area contributed by atoms with Gasteiger partial charge in [0.05, 0.1) is 12.2 Å². The van der Waals surface area contributed by atoms with E-state index in [4.69, 9.17) is 0 Å². The average molecular weight is 395 g/mol. The number of nitrogens with one attached hydrogen (secondary N) is 3. The second-order valence-electron chi connectivity index (χ2n) is 4.76. The number of hydrogen-bond acceptors (Lipinski definition) is 3. The molecule has 1 aromatic rings. The molecule has 1 aromatic heterocycles. The van der Waals surface area contributed by atoms with Gasteiger partial charge in [-0.05, 0) is 31.6 Å². The van der Waals surface area contributed by atoms with Crippen molar-refractivity contribution >= 4 is 41.7 Å². The van der Waals surface area contributed by atoms with Crippen molar-refractivity contribution in [2.24, 2.45) is 4.99 Å². The molecule has 108 valence electrons. The molecule has 1 unspecified atom stereocenters. The maximum absolute atomic E-state index is 4.23. The highest BCUT2D eigenvalue weighted by Crippen LogP contribution is 2.36. The van der Waals surface area contributed by atoms with Crippen LogP contribution in [0.15, 0.2) is 17.3 Å². The topological polar surface area (TPSA) is 65.1 Å². The summed E-state index contributed by atoms with van der Waals surface area (Å²) in [6.45, 7) is 3.99. The first-order chi connectivity index (χ1) is 8.72. The molecule has 1 atom stereocenters. The Kier molecular flexibility index (Phi) is 6.98. The van der Waals surface area contributed by atoms with E-state index in [1.165, 1.54) is 18.6 Å². The zero-order valence-electron chi connectivity index (χ0n) is 11.4. The lowest BCUT2D eigenvalue weighted by Crippen LogP contribution is -2.43. The van der Waals surface area contributed by atoms with E-state index in [9.17, 15) is 0 Å². The van der Waals surface area contributed by atoms with E-state index in [1.807, 2.05) is 6.07 Å². The van der Waals surface area contributed by atoms with Gasteiger partial charge >= 0.3 is 0 Å². The lowest BCUT2D eigenvalue weighted by Gasteiger charge is -2.24. The molecule has 19 heavy (non-hydrogen) atoms. The Morgan fingerprint density at radius 3 is 3.00 bits per heavy atom. The number of aliphatic imine (C=N–C) groups is 1. The van der Waals surface area contributed by atoms with Gasteiger partial charge in [0.2, 0.25) is 0 Å². The Morgan fingerprint density at radius 2 is 2.42 bits per heavy atom. The summed E-state index contributed by atoms with van der Waals surface area (Å²) in [6.07, 6.45) is 4.36. The molecule has 0 aliphatic carbocycles. The number of halogens is 1. The number of aromatic amines is 1. The quantitative estimate of drug-likeness (QED) is 0.415. The predicted octanol–water partition coefficient (Wildman–Crippen LogP) is 1.98. The lowest BCUT2D eigenvalue weighted by atomic mass is 10.1. The minimum atomic E-state index is 0. The monoisotopic (exact) mass is 395 g/mol. The molecule has 0 saturated carbocycles. The largest absolute Gasteiger partial charge is 0.355 e. The molecular weight excluding hydrogens is 373 g/mol. The Bertz CT molecular complexity index is 387. The maximum Gasteiger partial charge on any atom is 0.191 e. The van der Waals surface area contributed by atoms with Crippen molar-refractivity contribution in [2.75, 3.05) is 19.3 Å². The molecule has 1 aliphatic heterocycles. The highest BCUT2D eigenvalue weighted by Gasteiger charge is 2.29. The van der Waals surface area contributed by atoms with E-state index >= 15 is 0 Å². The Balaban J connectivity index is 0.00000180. The van der Waals surface area contributed by atoms with Crippen LogP contribution in [0.25, 0.3) is 0 Å². The van der Waals surface area contributed by atoms with Crippen molar-refractivity contribution in [3.05, 3.63) is 18.0 Å². The van der Waals surface area contributed by atoms with Gasteiger partial charge in [-0.25, -0.2) is 0 Å². The summed E-state index contributed by atoms with van der Waals surface area (Å²) in [5.41, 5.74) is 1.06. The Morgan fingerprint density at radius 1 is 1.58 bits per heavy atom. The number of nitrogens with zero attached hydrogens (tertiary/aromatic N) is 2. The van der Waals surface area contributed by atoms with Crippen molar-refractivity contribution in [3.8, 4) is 0 Å². The van der Waals surface area contributed by atoms with Crippen molar-refractivity contribution in [2.45, 2.75) is 31.1 Å². The fourth-order valence-electron chi connectivity index (χ4n) is 2.03. The van der Waals surface area contributed by atoms with Gasteiger partial charge in [0, 0.05) is 24.5 Å². The zero-order valence-corrected chi connectivity index (χ0v) is 14.5. The summed E-state index contributed by atoms with van der Waals surface area (Å²) >= 11 is 2.05. The van der Waals surface area contributed by atoms with Crippen LogP contribution in [0, 0.1) is 0 Å². The van der Waals surface area contributed by atoms with Gasteiger partial charge in [-0.3, -0.25) is 10.1 Å². The molecule has 7 heteroatoms.